The van der Waals surface area contributed by atoms with Gasteiger partial charge in [-0.05, 0) is 63.7 Å². The molecule has 2 aromatic rings. The first kappa shape index (κ1) is 29.3. The highest BCUT2D eigenvalue weighted by atomic mass is 19.1. The number of benzene rings is 1. The minimum atomic E-state index is -0.311. The average Bonchev–Trinajstić information content (AvgIpc) is 2.87. The van der Waals surface area contributed by atoms with Gasteiger partial charge in [0.05, 0.1) is 24.1 Å². The van der Waals surface area contributed by atoms with Crippen LogP contribution in [0.25, 0.3) is 11.3 Å². The van der Waals surface area contributed by atoms with Gasteiger partial charge in [0.15, 0.2) is 0 Å². The van der Waals surface area contributed by atoms with Gasteiger partial charge in [0.1, 0.15) is 17.5 Å². The molecule has 1 aromatic carbocycles. The van der Waals surface area contributed by atoms with E-state index < -0.39 is 0 Å². The highest BCUT2D eigenvalue weighted by Gasteiger charge is 2.23. The molecule has 0 fully saturated rings. The minimum Gasteiger partial charge on any atom is -0.390 e. The summed E-state index contributed by atoms with van der Waals surface area (Å²) in [5.74, 6) is 1.03. The summed E-state index contributed by atoms with van der Waals surface area (Å²) < 4.78 is 14.5. The number of aryl methyl sites for hydroxylation is 1. The average molecular weight is 506 g/mol. The van der Waals surface area contributed by atoms with Gasteiger partial charge in [-0.1, -0.05) is 26.1 Å². The van der Waals surface area contributed by atoms with Gasteiger partial charge in [-0.25, -0.2) is 14.4 Å². The molecule has 0 aliphatic heterocycles. The van der Waals surface area contributed by atoms with Crippen LogP contribution in [-0.4, -0.2) is 56.7 Å². The van der Waals surface area contributed by atoms with E-state index in [1.165, 1.54) is 12.1 Å². The fourth-order valence-corrected chi connectivity index (χ4v) is 4.26. The Balaban J connectivity index is 2.52. The van der Waals surface area contributed by atoms with Gasteiger partial charge in [-0.15, -0.1) is 0 Å². The Morgan fingerprint density at radius 1 is 1.24 bits per heavy atom. The molecular formula is C29H40FN7. The quantitative estimate of drug-likeness (QED) is 0.259. The number of halogens is 1. The van der Waals surface area contributed by atoms with Crippen molar-refractivity contribution in [3.8, 4) is 11.3 Å². The summed E-state index contributed by atoms with van der Waals surface area (Å²) in [5.41, 5.74) is 5.61. The molecule has 1 heterocycles. The van der Waals surface area contributed by atoms with Gasteiger partial charge < -0.3 is 20.4 Å². The van der Waals surface area contributed by atoms with Crippen molar-refractivity contribution in [2.24, 2.45) is 9.98 Å². The van der Waals surface area contributed by atoms with Crippen LogP contribution in [0, 0.1) is 12.7 Å². The number of nitrogens with one attached hydrogen (secondary N) is 2. The van der Waals surface area contributed by atoms with Gasteiger partial charge in [-0.3, -0.25) is 4.99 Å². The van der Waals surface area contributed by atoms with Crippen LogP contribution in [0.4, 0.5) is 15.9 Å². The molecule has 8 heteroatoms. The van der Waals surface area contributed by atoms with Crippen LogP contribution < -0.4 is 15.5 Å². The summed E-state index contributed by atoms with van der Waals surface area (Å²) in [4.78, 5) is 17.3. The molecule has 2 N–H and O–H groups in total. The van der Waals surface area contributed by atoms with Crippen molar-refractivity contribution in [3.63, 3.8) is 0 Å². The van der Waals surface area contributed by atoms with E-state index in [1.54, 1.807) is 13.3 Å². The van der Waals surface area contributed by atoms with Crippen LogP contribution in [0.2, 0.25) is 0 Å². The van der Waals surface area contributed by atoms with E-state index >= 15 is 0 Å². The highest BCUT2D eigenvalue weighted by Crippen LogP contribution is 2.35. The number of aromatic nitrogens is 1. The van der Waals surface area contributed by atoms with E-state index in [0.29, 0.717) is 29.6 Å². The minimum absolute atomic E-state index is 0.0527. The Hall–Kier alpha value is -3.94. The van der Waals surface area contributed by atoms with Crippen molar-refractivity contribution >= 4 is 24.4 Å². The molecule has 1 unspecified atom stereocenters. The number of nitrogens with zero attached hydrogens (tertiary/aromatic N) is 5. The number of allylic oxidation sites excluding steroid dienone is 2. The van der Waals surface area contributed by atoms with Gasteiger partial charge in [0.2, 0.25) is 0 Å². The van der Waals surface area contributed by atoms with Crippen molar-refractivity contribution in [2.75, 3.05) is 38.0 Å². The Morgan fingerprint density at radius 3 is 2.51 bits per heavy atom. The van der Waals surface area contributed by atoms with Crippen molar-refractivity contribution in [1.82, 2.24) is 15.2 Å². The number of pyridine rings is 1. The third-order valence-electron chi connectivity index (χ3n) is 6.21. The molecule has 0 aliphatic carbocycles. The molecule has 1 aromatic heterocycles. The predicted octanol–water partition coefficient (Wildman–Crippen LogP) is 5.98. The van der Waals surface area contributed by atoms with E-state index in [-0.39, 0.29) is 11.9 Å². The molecule has 0 bridgehead atoms. The number of aliphatic imine (C=N–C) groups is 2. The van der Waals surface area contributed by atoms with E-state index in [9.17, 15) is 4.39 Å². The Labute approximate surface area is 221 Å². The second-order valence-corrected chi connectivity index (χ2v) is 8.88. The number of likely N-dealkylation sites (N-methyl/N-ethyl adjacent to an activating group) is 1. The van der Waals surface area contributed by atoms with Gasteiger partial charge in [0, 0.05) is 49.9 Å². The van der Waals surface area contributed by atoms with Crippen LogP contribution in [0.5, 0.6) is 0 Å². The van der Waals surface area contributed by atoms with E-state index in [4.69, 9.17) is 4.98 Å². The maximum absolute atomic E-state index is 14.5. The standard InChI is InChI=1S/C29H40FN7/c1-11-26(22(6)32-8)37(29(33-9)21(5)17-31-7)18-34-27-14-12-13-25(35-27)24-16-23(30)15-20(4)28(24)36(10)19(2)3/h12-17,26,32H,2,6,9,11,18H2,1,3-5,7-8,10H3,(H,34,35)/b29-21-,31-17?. The van der Waals surface area contributed by atoms with E-state index in [0.717, 1.165) is 34.6 Å². The van der Waals surface area contributed by atoms with Crippen LogP contribution in [0.3, 0.4) is 0 Å². The molecule has 0 aliphatic rings. The molecular weight excluding hydrogens is 465 g/mol. The maximum atomic E-state index is 14.5. The molecule has 198 valence electrons. The lowest BCUT2D eigenvalue weighted by atomic mass is 10.0. The topological polar surface area (TPSA) is 68.2 Å². The lowest BCUT2D eigenvalue weighted by Crippen LogP contribution is -2.41. The summed E-state index contributed by atoms with van der Waals surface area (Å²) in [6.07, 6.45) is 2.56. The zero-order valence-corrected chi connectivity index (χ0v) is 23.2. The third-order valence-corrected chi connectivity index (χ3v) is 6.21. The van der Waals surface area contributed by atoms with E-state index in [2.05, 4.69) is 52.3 Å². The summed E-state index contributed by atoms with van der Waals surface area (Å²) in [6, 6.07) is 8.65. The Morgan fingerprint density at radius 2 is 1.95 bits per heavy atom. The fraction of sp³-hybridized carbons (Fsp3) is 0.345. The predicted molar refractivity (Wildman–Crippen MR) is 157 cm³/mol. The molecule has 7 nitrogen and oxygen atoms in total. The van der Waals surface area contributed by atoms with Crippen LogP contribution in [0.15, 0.2) is 76.3 Å². The number of hydrogen-bond donors (Lipinski definition) is 2. The summed E-state index contributed by atoms with van der Waals surface area (Å²) in [5, 5.41) is 6.58. The number of rotatable bonds is 13. The largest absolute Gasteiger partial charge is 0.390 e. The lowest BCUT2D eigenvalue weighted by Gasteiger charge is -2.35. The molecule has 1 atom stereocenters. The number of anilines is 2. The molecule has 2 rings (SSSR count). The van der Waals surface area contributed by atoms with Crippen molar-refractivity contribution < 1.29 is 4.39 Å². The maximum Gasteiger partial charge on any atom is 0.134 e. The molecule has 0 amide bonds. The van der Waals surface area contributed by atoms with Crippen molar-refractivity contribution in [2.45, 2.75) is 40.2 Å². The first-order chi connectivity index (χ1) is 17.6. The summed E-state index contributed by atoms with van der Waals surface area (Å²) in [7, 11) is 5.50. The van der Waals surface area contributed by atoms with Gasteiger partial charge in [0.25, 0.3) is 0 Å². The van der Waals surface area contributed by atoms with Crippen molar-refractivity contribution in [3.05, 3.63) is 77.7 Å². The van der Waals surface area contributed by atoms with Crippen LogP contribution in [-0.2, 0) is 0 Å². The lowest BCUT2D eigenvalue weighted by molar-refractivity contribution is 0.281. The van der Waals surface area contributed by atoms with Gasteiger partial charge in [-0.2, -0.15) is 0 Å². The molecule has 0 saturated carbocycles. The van der Waals surface area contributed by atoms with Crippen LogP contribution in [0.1, 0.15) is 32.8 Å². The second-order valence-electron chi connectivity index (χ2n) is 8.88. The van der Waals surface area contributed by atoms with E-state index in [1.807, 2.05) is 58.0 Å². The first-order valence-corrected chi connectivity index (χ1v) is 12.2. The van der Waals surface area contributed by atoms with Gasteiger partial charge >= 0.3 is 0 Å². The molecule has 0 radical (unpaired) electrons. The summed E-state index contributed by atoms with van der Waals surface area (Å²) >= 11 is 0. The normalized spacial score (nSPS) is 12.5. The summed E-state index contributed by atoms with van der Waals surface area (Å²) in [6.45, 7) is 20.3. The highest BCUT2D eigenvalue weighted by molar-refractivity contribution is 5.81. The fourth-order valence-electron chi connectivity index (χ4n) is 4.26. The zero-order chi connectivity index (χ0) is 27.7. The number of hydrogen-bond acceptors (Lipinski definition) is 7. The molecule has 0 spiro atoms. The third kappa shape index (κ3) is 7.06. The zero-order valence-electron chi connectivity index (χ0n) is 23.2. The monoisotopic (exact) mass is 505 g/mol. The Bertz CT molecular complexity index is 1200. The van der Waals surface area contributed by atoms with Crippen molar-refractivity contribution in [1.29, 1.82) is 0 Å². The first-order valence-electron chi connectivity index (χ1n) is 12.2. The Kier molecular flexibility index (Phi) is 10.6. The SMILES string of the molecule is C=N/C(=C(\C)C=NC)N(CNc1cccc(-c2cc(F)cc(C)c2N(C)C(=C)C)n1)C(CC)C(=C)NC. The van der Waals surface area contributed by atoms with Crippen LogP contribution >= 0.6 is 0 Å². The molecule has 0 saturated heterocycles. The molecule has 37 heavy (non-hydrogen) atoms. The second kappa shape index (κ2) is 13.4. The smallest absolute Gasteiger partial charge is 0.134 e.